The number of hydrogen-bond donors (Lipinski definition) is 1. The standard InChI is InChI=1S/C15H18Cl2N2O4S/c1-10(20)19(14-8-11(16)2-3-13(14)17)6-4-15(21)18-12-5-7-24(22,23)9-12/h2-3,8,12H,4-7,9H2,1H3,(H,18,21). The van der Waals surface area contributed by atoms with Gasteiger partial charge in [-0.2, -0.15) is 0 Å². The largest absolute Gasteiger partial charge is 0.352 e. The van der Waals surface area contributed by atoms with Gasteiger partial charge >= 0.3 is 0 Å². The number of amides is 2. The summed E-state index contributed by atoms with van der Waals surface area (Å²) in [6.07, 6.45) is 0.462. The molecule has 2 amide bonds. The Morgan fingerprint density at radius 3 is 2.62 bits per heavy atom. The van der Waals surface area contributed by atoms with Crippen LogP contribution in [0.25, 0.3) is 0 Å². The van der Waals surface area contributed by atoms with Crippen molar-refractivity contribution in [2.45, 2.75) is 25.8 Å². The fraction of sp³-hybridized carbons (Fsp3) is 0.467. The van der Waals surface area contributed by atoms with Crippen LogP contribution in [0.1, 0.15) is 19.8 Å². The van der Waals surface area contributed by atoms with Crippen molar-refractivity contribution in [2.75, 3.05) is 23.0 Å². The van der Waals surface area contributed by atoms with E-state index < -0.39 is 9.84 Å². The van der Waals surface area contributed by atoms with Gasteiger partial charge in [0, 0.05) is 31.0 Å². The van der Waals surface area contributed by atoms with Gasteiger partial charge in [0.1, 0.15) is 0 Å². The quantitative estimate of drug-likeness (QED) is 0.830. The van der Waals surface area contributed by atoms with E-state index in [0.717, 1.165) is 0 Å². The maximum atomic E-state index is 12.0. The number of carbonyl (C=O) groups is 2. The molecule has 1 aromatic carbocycles. The zero-order valence-electron chi connectivity index (χ0n) is 13.1. The van der Waals surface area contributed by atoms with Gasteiger partial charge in [0.15, 0.2) is 9.84 Å². The maximum absolute atomic E-state index is 12.0. The van der Waals surface area contributed by atoms with Gasteiger partial charge in [-0.1, -0.05) is 23.2 Å². The van der Waals surface area contributed by atoms with Crippen LogP contribution >= 0.6 is 23.2 Å². The Labute approximate surface area is 151 Å². The van der Waals surface area contributed by atoms with E-state index in [1.807, 2.05) is 0 Å². The lowest BCUT2D eigenvalue weighted by atomic mass is 10.2. The number of sulfone groups is 1. The Morgan fingerprint density at radius 1 is 1.33 bits per heavy atom. The van der Waals surface area contributed by atoms with E-state index >= 15 is 0 Å². The highest BCUT2D eigenvalue weighted by atomic mass is 35.5. The second-order valence-corrected chi connectivity index (χ2v) is 8.76. The molecule has 0 aromatic heterocycles. The van der Waals surface area contributed by atoms with Gasteiger partial charge in [0.05, 0.1) is 22.2 Å². The number of benzene rings is 1. The highest BCUT2D eigenvalue weighted by Gasteiger charge is 2.29. The lowest BCUT2D eigenvalue weighted by Gasteiger charge is -2.22. The van der Waals surface area contributed by atoms with E-state index in [9.17, 15) is 18.0 Å². The van der Waals surface area contributed by atoms with Crippen LogP contribution in [0.2, 0.25) is 10.0 Å². The van der Waals surface area contributed by atoms with Crippen LogP contribution in [0.5, 0.6) is 0 Å². The molecule has 1 unspecified atom stereocenters. The first-order valence-corrected chi connectivity index (χ1v) is 9.98. The molecule has 1 fully saturated rings. The molecule has 1 aliphatic heterocycles. The Kier molecular flexibility index (Phi) is 6.11. The maximum Gasteiger partial charge on any atom is 0.223 e. The van der Waals surface area contributed by atoms with Gasteiger partial charge < -0.3 is 10.2 Å². The van der Waals surface area contributed by atoms with Gasteiger partial charge in [-0.3, -0.25) is 9.59 Å². The smallest absolute Gasteiger partial charge is 0.223 e. The summed E-state index contributed by atoms with van der Waals surface area (Å²) in [4.78, 5) is 25.3. The summed E-state index contributed by atoms with van der Waals surface area (Å²) in [5.41, 5.74) is 0.438. The lowest BCUT2D eigenvalue weighted by Crippen LogP contribution is -2.38. The summed E-state index contributed by atoms with van der Waals surface area (Å²) in [6.45, 7) is 1.50. The Bertz CT molecular complexity index is 752. The average molecular weight is 393 g/mol. The number of rotatable bonds is 5. The highest BCUT2D eigenvalue weighted by molar-refractivity contribution is 7.91. The molecule has 6 nitrogen and oxygen atoms in total. The number of nitrogens with one attached hydrogen (secondary N) is 1. The number of anilines is 1. The predicted molar refractivity (Wildman–Crippen MR) is 94.3 cm³/mol. The monoisotopic (exact) mass is 392 g/mol. The molecular formula is C15H18Cl2N2O4S. The SMILES string of the molecule is CC(=O)N(CCC(=O)NC1CCS(=O)(=O)C1)c1cc(Cl)ccc1Cl. The first kappa shape index (κ1) is 19.0. The summed E-state index contributed by atoms with van der Waals surface area (Å²) < 4.78 is 22.8. The third-order valence-electron chi connectivity index (χ3n) is 3.74. The number of halogens is 2. The van der Waals surface area contributed by atoms with Crippen LogP contribution in [0.15, 0.2) is 18.2 Å². The number of nitrogens with zero attached hydrogens (tertiary/aromatic N) is 1. The molecule has 0 bridgehead atoms. The van der Waals surface area contributed by atoms with Crippen LogP contribution in [-0.2, 0) is 19.4 Å². The predicted octanol–water partition coefficient (Wildman–Crippen LogP) is 2.04. The van der Waals surface area contributed by atoms with Crippen molar-refractivity contribution < 1.29 is 18.0 Å². The second kappa shape index (κ2) is 7.72. The molecule has 132 valence electrons. The van der Waals surface area contributed by atoms with Gasteiger partial charge in [0.2, 0.25) is 11.8 Å². The minimum atomic E-state index is -3.05. The Balaban J connectivity index is 1.98. The molecule has 0 spiro atoms. The summed E-state index contributed by atoms with van der Waals surface area (Å²) in [6, 6.07) is 4.40. The Morgan fingerprint density at radius 2 is 2.04 bits per heavy atom. The zero-order chi connectivity index (χ0) is 17.9. The van der Waals surface area contributed by atoms with Crippen LogP contribution in [0, 0.1) is 0 Å². The minimum Gasteiger partial charge on any atom is -0.352 e. The van der Waals surface area contributed by atoms with Crippen molar-refractivity contribution in [2.24, 2.45) is 0 Å². The molecule has 0 aliphatic carbocycles. The van der Waals surface area contributed by atoms with Crippen LogP contribution in [-0.4, -0.2) is 44.3 Å². The van der Waals surface area contributed by atoms with Gasteiger partial charge in [-0.15, -0.1) is 0 Å². The molecule has 0 saturated carbocycles. The van der Waals surface area contributed by atoms with Gasteiger partial charge in [0.25, 0.3) is 0 Å². The van der Waals surface area contributed by atoms with Crippen LogP contribution in [0.3, 0.4) is 0 Å². The normalized spacial score (nSPS) is 19.0. The molecule has 1 N–H and O–H groups in total. The molecular weight excluding hydrogens is 375 g/mol. The van der Waals surface area contributed by atoms with E-state index in [2.05, 4.69) is 5.32 Å². The summed E-state index contributed by atoms with van der Waals surface area (Å²) in [7, 11) is -3.05. The molecule has 1 heterocycles. The van der Waals surface area contributed by atoms with Crippen LogP contribution < -0.4 is 10.2 Å². The Hall–Kier alpha value is -1.31. The number of carbonyl (C=O) groups excluding carboxylic acids is 2. The zero-order valence-corrected chi connectivity index (χ0v) is 15.4. The van der Waals surface area contributed by atoms with Crippen molar-refractivity contribution >= 4 is 50.5 Å². The van der Waals surface area contributed by atoms with E-state index in [1.165, 1.54) is 11.8 Å². The fourth-order valence-electron chi connectivity index (χ4n) is 2.56. The minimum absolute atomic E-state index is 0.0325. The fourth-order valence-corrected chi connectivity index (χ4v) is 4.62. The molecule has 1 saturated heterocycles. The third kappa shape index (κ3) is 5.09. The van der Waals surface area contributed by atoms with Crippen molar-refractivity contribution in [3.05, 3.63) is 28.2 Å². The van der Waals surface area contributed by atoms with E-state index in [4.69, 9.17) is 23.2 Å². The first-order chi connectivity index (χ1) is 11.2. The summed E-state index contributed by atoms with van der Waals surface area (Å²) >= 11 is 12.0. The molecule has 9 heteroatoms. The van der Waals surface area contributed by atoms with Gasteiger partial charge in [-0.05, 0) is 24.6 Å². The molecule has 24 heavy (non-hydrogen) atoms. The van der Waals surface area contributed by atoms with Gasteiger partial charge in [-0.25, -0.2) is 8.42 Å². The molecule has 1 aromatic rings. The van der Waals surface area contributed by atoms with Crippen molar-refractivity contribution in [3.63, 3.8) is 0 Å². The van der Waals surface area contributed by atoms with E-state index in [0.29, 0.717) is 22.2 Å². The lowest BCUT2D eigenvalue weighted by molar-refractivity contribution is -0.121. The average Bonchev–Trinajstić information content (AvgIpc) is 2.81. The third-order valence-corrected chi connectivity index (χ3v) is 6.06. The van der Waals surface area contributed by atoms with Crippen molar-refractivity contribution in [3.8, 4) is 0 Å². The molecule has 2 rings (SSSR count). The summed E-state index contributed by atoms with van der Waals surface area (Å²) in [5, 5.41) is 3.48. The van der Waals surface area contributed by atoms with E-state index in [-0.39, 0.29) is 42.3 Å². The molecule has 1 aliphatic rings. The van der Waals surface area contributed by atoms with Crippen LogP contribution in [0.4, 0.5) is 5.69 Å². The van der Waals surface area contributed by atoms with E-state index in [1.54, 1.807) is 18.2 Å². The highest BCUT2D eigenvalue weighted by Crippen LogP contribution is 2.29. The summed E-state index contributed by atoms with van der Waals surface area (Å²) in [5.74, 6) is -0.512. The molecule has 0 radical (unpaired) electrons. The number of hydrogen-bond acceptors (Lipinski definition) is 4. The second-order valence-electron chi connectivity index (χ2n) is 5.68. The van der Waals surface area contributed by atoms with Crippen molar-refractivity contribution in [1.82, 2.24) is 5.32 Å². The molecule has 1 atom stereocenters. The first-order valence-electron chi connectivity index (χ1n) is 7.41. The van der Waals surface area contributed by atoms with Crippen molar-refractivity contribution in [1.29, 1.82) is 0 Å². The topological polar surface area (TPSA) is 83.6 Å².